The average molecular weight is 401 g/mol. The normalized spacial score (nSPS) is 11.9. The van der Waals surface area contributed by atoms with Crippen molar-refractivity contribution in [1.82, 2.24) is 4.72 Å². The monoisotopic (exact) mass is 401 g/mol. The third-order valence-electron chi connectivity index (χ3n) is 3.61. The molecule has 8 nitrogen and oxygen atoms in total. The maximum Gasteiger partial charge on any atom is 0.324 e. The van der Waals surface area contributed by atoms with Crippen LogP contribution in [0, 0.1) is 11.3 Å². The minimum absolute atomic E-state index is 0.0528. The molecule has 0 unspecified atom stereocenters. The fourth-order valence-corrected chi connectivity index (χ4v) is 3.47. The van der Waals surface area contributed by atoms with E-state index in [2.05, 4.69) is 10.0 Å². The van der Waals surface area contributed by atoms with Crippen LogP contribution in [0.2, 0.25) is 0 Å². The van der Waals surface area contributed by atoms with Gasteiger partial charge >= 0.3 is 5.97 Å². The summed E-state index contributed by atoms with van der Waals surface area (Å²) >= 11 is 0. The molecule has 1 atom stereocenters. The van der Waals surface area contributed by atoms with Crippen molar-refractivity contribution in [2.24, 2.45) is 0 Å². The number of hydrogen-bond donors (Lipinski definition) is 2. The fourth-order valence-electron chi connectivity index (χ4n) is 2.28. The smallest absolute Gasteiger partial charge is 0.324 e. The first kappa shape index (κ1) is 21.1. The number of nitrogens with zero attached hydrogens (tertiary/aromatic N) is 1. The number of nitrogens with one attached hydrogen (secondary N) is 2. The van der Waals surface area contributed by atoms with E-state index in [1.807, 2.05) is 6.07 Å². The van der Waals surface area contributed by atoms with E-state index in [-0.39, 0.29) is 17.4 Å². The number of esters is 1. The quantitative estimate of drug-likeness (QED) is 0.683. The minimum Gasteiger partial charge on any atom is -0.460 e. The molecular weight excluding hydrogens is 382 g/mol. The molecule has 9 heteroatoms. The topological polar surface area (TPSA) is 125 Å². The summed E-state index contributed by atoms with van der Waals surface area (Å²) < 4.78 is 32.2. The second-order valence-corrected chi connectivity index (χ2v) is 7.68. The van der Waals surface area contributed by atoms with Gasteiger partial charge in [-0.15, -0.1) is 0 Å². The van der Waals surface area contributed by atoms with Gasteiger partial charge in [0.25, 0.3) is 0 Å². The van der Waals surface area contributed by atoms with Crippen LogP contribution in [-0.4, -0.2) is 26.3 Å². The third-order valence-corrected chi connectivity index (χ3v) is 5.16. The molecule has 0 saturated heterocycles. The van der Waals surface area contributed by atoms with Crippen LogP contribution in [0.25, 0.3) is 0 Å². The number of benzene rings is 2. The highest BCUT2D eigenvalue weighted by Gasteiger charge is 2.23. The molecule has 2 aromatic rings. The first-order chi connectivity index (χ1) is 13.2. The van der Waals surface area contributed by atoms with Crippen molar-refractivity contribution < 1.29 is 22.7 Å². The van der Waals surface area contributed by atoms with Crippen LogP contribution in [-0.2, 0) is 31.0 Å². The van der Waals surface area contributed by atoms with Gasteiger partial charge in [0.15, 0.2) is 0 Å². The number of anilines is 1. The van der Waals surface area contributed by atoms with Crippen LogP contribution in [0.15, 0.2) is 53.4 Å². The Hall–Kier alpha value is -3.22. The van der Waals surface area contributed by atoms with Gasteiger partial charge in [-0.3, -0.25) is 9.59 Å². The molecule has 1 amide bonds. The van der Waals surface area contributed by atoms with Crippen molar-refractivity contribution >= 4 is 27.6 Å². The summed E-state index contributed by atoms with van der Waals surface area (Å²) in [4.78, 5) is 23.0. The predicted molar refractivity (Wildman–Crippen MR) is 101 cm³/mol. The van der Waals surface area contributed by atoms with Crippen LogP contribution in [0.5, 0.6) is 0 Å². The van der Waals surface area contributed by atoms with Gasteiger partial charge < -0.3 is 10.1 Å². The number of sulfonamides is 1. The SMILES string of the molecule is CC(=O)Nc1ccc(S(=O)(=O)N[C@@H](C)C(=O)OCc2cccc(C#N)c2)cc1. The fraction of sp³-hybridized carbons (Fsp3) is 0.211. The molecule has 0 saturated carbocycles. The lowest BCUT2D eigenvalue weighted by molar-refractivity contribution is -0.146. The van der Waals surface area contributed by atoms with Gasteiger partial charge in [-0.1, -0.05) is 12.1 Å². The van der Waals surface area contributed by atoms with Gasteiger partial charge in [0, 0.05) is 12.6 Å². The lowest BCUT2D eigenvalue weighted by Gasteiger charge is -2.14. The molecule has 2 aromatic carbocycles. The van der Waals surface area contributed by atoms with Crippen molar-refractivity contribution in [1.29, 1.82) is 5.26 Å². The third kappa shape index (κ3) is 5.90. The molecule has 0 spiro atoms. The van der Waals surface area contributed by atoms with E-state index in [1.54, 1.807) is 24.3 Å². The molecule has 2 N–H and O–H groups in total. The molecule has 0 fully saturated rings. The Balaban J connectivity index is 1.97. The molecule has 0 heterocycles. The maximum absolute atomic E-state index is 12.4. The summed E-state index contributed by atoms with van der Waals surface area (Å²) in [5, 5.41) is 11.4. The average Bonchev–Trinajstić information content (AvgIpc) is 2.65. The van der Waals surface area contributed by atoms with Crippen LogP contribution in [0.4, 0.5) is 5.69 Å². The molecular formula is C19H19N3O5S. The van der Waals surface area contributed by atoms with Crippen molar-refractivity contribution in [2.45, 2.75) is 31.4 Å². The Labute approximate surface area is 163 Å². The first-order valence-corrected chi connectivity index (χ1v) is 9.75. The van der Waals surface area contributed by atoms with Crippen LogP contribution in [0.1, 0.15) is 25.0 Å². The van der Waals surface area contributed by atoms with Gasteiger partial charge in [-0.25, -0.2) is 8.42 Å². The highest BCUT2D eigenvalue weighted by molar-refractivity contribution is 7.89. The summed E-state index contributed by atoms with van der Waals surface area (Å²) in [7, 11) is -3.95. The number of carbonyl (C=O) groups excluding carboxylic acids is 2. The lowest BCUT2D eigenvalue weighted by Crippen LogP contribution is -2.39. The summed E-state index contributed by atoms with van der Waals surface area (Å²) in [6, 6.07) is 13.0. The molecule has 28 heavy (non-hydrogen) atoms. The van der Waals surface area contributed by atoms with Gasteiger partial charge in [-0.2, -0.15) is 9.98 Å². The number of nitriles is 1. The van der Waals surface area contributed by atoms with Crippen LogP contribution in [0.3, 0.4) is 0 Å². The predicted octanol–water partition coefficient (Wildman–Crippen LogP) is 1.93. The Kier molecular flexibility index (Phi) is 6.87. The highest BCUT2D eigenvalue weighted by Crippen LogP contribution is 2.15. The molecule has 0 aliphatic carbocycles. The summed E-state index contributed by atoms with van der Waals surface area (Å²) in [6.45, 7) is 2.64. The van der Waals surface area contributed by atoms with Crippen molar-refractivity contribution in [3.8, 4) is 6.07 Å². The van der Waals surface area contributed by atoms with E-state index in [0.717, 1.165) is 0 Å². The van der Waals surface area contributed by atoms with E-state index in [0.29, 0.717) is 16.8 Å². The molecule has 2 rings (SSSR count). The van der Waals surface area contributed by atoms with Crippen LogP contribution >= 0.6 is 0 Å². The number of carbonyl (C=O) groups is 2. The van der Waals surface area contributed by atoms with Crippen LogP contribution < -0.4 is 10.0 Å². The number of rotatable bonds is 7. The Bertz CT molecular complexity index is 1010. The lowest BCUT2D eigenvalue weighted by atomic mass is 10.1. The van der Waals surface area contributed by atoms with Gasteiger partial charge in [0.1, 0.15) is 12.6 Å². The first-order valence-electron chi connectivity index (χ1n) is 8.27. The second-order valence-electron chi connectivity index (χ2n) is 5.97. The van der Waals surface area contributed by atoms with E-state index in [9.17, 15) is 18.0 Å². The van der Waals surface area contributed by atoms with Crippen molar-refractivity contribution in [3.63, 3.8) is 0 Å². The van der Waals surface area contributed by atoms with Crippen molar-refractivity contribution in [3.05, 3.63) is 59.7 Å². The summed E-state index contributed by atoms with van der Waals surface area (Å²) in [5.41, 5.74) is 1.51. The van der Waals surface area contributed by atoms with Crippen molar-refractivity contribution in [2.75, 3.05) is 5.32 Å². The standard InChI is InChI=1S/C19H19N3O5S/c1-13(19(24)27-12-16-5-3-4-15(10-16)11-20)22-28(25,26)18-8-6-17(7-9-18)21-14(2)23/h3-10,13,22H,12H2,1-2H3,(H,21,23)/t13-/m0/s1. The zero-order valence-electron chi connectivity index (χ0n) is 15.3. The molecule has 0 bridgehead atoms. The Morgan fingerprint density at radius 2 is 1.86 bits per heavy atom. The molecule has 146 valence electrons. The van der Waals surface area contributed by atoms with E-state index >= 15 is 0 Å². The van der Waals surface area contributed by atoms with Gasteiger partial charge in [0.2, 0.25) is 15.9 Å². The molecule has 0 aliphatic heterocycles. The molecule has 0 radical (unpaired) electrons. The Morgan fingerprint density at radius 3 is 2.46 bits per heavy atom. The summed E-state index contributed by atoms with van der Waals surface area (Å²) in [5.74, 6) is -1.02. The summed E-state index contributed by atoms with van der Waals surface area (Å²) in [6.07, 6.45) is 0. The van der Waals surface area contributed by atoms with Gasteiger partial charge in [-0.05, 0) is 48.9 Å². The zero-order valence-corrected chi connectivity index (χ0v) is 16.1. The van der Waals surface area contributed by atoms with Gasteiger partial charge in [0.05, 0.1) is 16.5 Å². The highest BCUT2D eigenvalue weighted by atomic mass is 32.2. The molecule has 0 aliphatic rings. The number of ether oxygens (including phenoxy) is 1. The number of amides is 1. The maximum atomic E-state index is 12.4. The Morgan fingerprint density at radius 1 is 1.18 bits per heavy atom. The minimum atomic E-state index is -3.95. The van der Waals surface area contributed by atoms with E-state index in [1.165, 1.54) is 38.1 Å². The second kappa shape index (κ2) is 9.12. The zero-order chi connectivity index (χ0) is 20.7. The van der Waals surface area contributed by atoms with E-state index < -0.39 is 22.0 Å². The number of hydrogen-bond acceptors (Lipinski definition) is 6. The molecule has 0 aromatic heterocycles. The van der Waals surface area contributed by atoms with E-state index in [4.69, 9.17) is 10.00 Å². The largest absolute Gasteiger partial charge is 0.460 e.